The van der Waals surface area contributed by atoms with Crippen molar-refractivity contribution >= 4 is 0 Å². The van der Waals surface area contributed by atoms with Gasteiger partial charge in [0.25, 0.3) is 0 Å². The van der Waals surface area contributed by atoms with E-state index in [0.717, 1.165) is 0 Å². The smallest absolute Gasteiger partial charge is 0 e. The first kappa shape index (κ1) is 18.0. The van der Waals surface area contributed by atoms with Crippen molar-refractivity contribution in [2.24, 2.45) is 0 Å². The normalized spacial score (nSPS) is 1.50. The van der Waals surface area contributed by atoms with Crippen LogP contribution >= 0.6 is 0 Å². The van der Waals surface area contributed by atoms with Gasteiger partial charge in [0.05, 0.1) is 0 Å². The van der Waals surface area contributed by atoms with Gasteiger partial charge in [0.1, 0.15) is 0 Å². The van der Waals surface area contributed by atoms with Gasteiger partial charge >= 0.3 is 19.3 Å². The molecule has 0 aromatic heterocycles. The minimum Gasteiger partial charge on any atom is 0 e. The molecule has 0 radical (unpaired) electrons. The van der Waals surface area contributed by atoms with E-state index in [9.17, 15) is 0 Å². The molecule has 0 saturated carbocycles. The average Bonchev–Trinajstić information content (AvgIpc) is 1.00. The first-order valence-electron chi connectivity index (χ1n) is 0.129. The SMILES string of the molecule is [Fe].[O]=[Ni].[Zn]. The molecule has 0 fully saturated rings. The van der Waals surface area contributed by atoms with E-state index >= 15 is 0 Å². The molecule has 0 aromatic carbocycles. The predicted molar refractivity (Wildman–Crippen MR) is 0.686 cm³/mol. The van der Waals surface area contributed by atoms with E-state index in [1.165, 1.54) is 0 Å². The Morgan fingerprint density at radius 2 is 1.25 bits per heavy atom. The van der Waals surface area contributed by atoms with E-state index in [4.69, 9.17) is 3.90 Å². The Labute approximate surface area is 55.7 Å². The first-order valence-corrected chi connectivity index (χ1v) is 0.532. The third-order valence-corrected chi connectivity index (χ3v) is 0. The topological polar surface area (TPSA) is 17.1 Å². The standard InChI is InChI=1S/Fe.Ni.O.Zn. The summed E-state index contributed by atoms with van der Waals surface area (Å²) in [4.78, 5) is 0. The van der Waals surface area contributed by atoms with Crippen LogP contribution in [0.25, 0.3) is 0 Å². The van der Waals surface area contributed by atoms with Gasteiger partial charge < -0.3 is 0 Å². The molecule has 0 atom stereocenters. The fraction of sp³-hybridized carbons (Fsp3) is 0. The van der Waals surface area contributed by atoms with Gasteiger partial charge in [-0.1, -0.05) is 0 Å². The van der Waals surface area contributed by atoms with Gasteiger partial charge in [0, 0.05) is 36.5 Å². The number of hydrogen-bond acceptors (Lipinski definition) is 1. The Morgan fingerprint density at radius 1 is 1.25 bits per heavy atom. The molecule has 1 nitrogen and oxygen atoms in total. The zero-order valence-corrected chi connectivity index (χ0v) is 6.84. The van der Waals surface area contributed by atoms with Gasteiger partial charge in [0.2, 0.25) is 0 Å². The maximum atomic E-state index is 7.88. The van der Waals surface area contributed by atoms with Crippen LogP contribution in [0.15, 0.2) is 0 Å². The summed E-state index contributed by atoms with van der Waals surface area (Å²) < 4.78 is 7.88. The largest absolute Gasteiger partial charge is 0 e. The fourth-order valence-corrected chi connectivity index (χ4v) is 0. The van der Waals surface area contributed by atoms with E-state index < -0.39 is 0 Å². The van der Waals surface area contributed by atoms with E-state index in [0.29, 0.717) is 0 Å². The van der Waals surface area contributed by atoms with E-state index in [2.05, 4.69) is 15.4 Å². The molecule has 4 heteroatoms. The molecule has 0 amide bonds. The van der Waals surface area contributed by atoms with Crippen molar-refractivity contribution in [3.63, 3.8) is 0 Å². The predicted octanol–water partition coefficient (Wildman–Crippen LogP) is -0.126. The molecule has 0 spiro atoms. The van der Waals surface area contributed by atoms with Gasteiger partial charge in [-0.05, 0) is 0 Å². The molecule has 0 heterocycles. The molecular formula is FeNiOZn. The third kappa shape index (κ3) is 9.89. The second-order valence-electron chi connectivity index (χ2n) is 0. The van der Waals surface area contributed by atoms with Gasteiger partial charge in [-0.15, -0.1) is 0 Å². The van der Waals surface area contributed by atoms with Gasteiger partial charge in [0.15, 0.2) is 0 Å². The Kier molecular flexibility index (Phi) is 114. The maximum Gasteiger partial charge on any atom is 0 e. The molecule has 4 heavy (non-hydrogen) atoms. The van der Waals surface area contributed by atoms with Gasteiger partial charge in [-0.25, -0.2) is 0 Å². The van der Waals surface area contributed by atoms with E-state index in [-0.39, 0.29) is 36.5 Å². The zero-order valence-electron chi connectivity index (χ0n) is 1.79. The van der Waals surface area contributed by atoms with Crippen LogP contribution in [0, 0.1) is 0 Å². The van der Waals surface area contributed by atoms with Crippen molar-refractivity contribution in [3.8, 4) is 0 Å². The van der Waals surface area contributed by atoms with Crippen LogP contribution in [-0.4, -0.2) is 0 Å². The quantitative estimate of drug-likeness (QED) is 0.493. The number of rotatable bonds is 0. The van der Waals surface area contributed by atoms with E-state index in [1.54, 1.807) is 0 Å². The summed E-state index contributed by atoms with van der Waals surface area (Å²) in [6.45, 7) is 0. The Hall–Kier alpha value is 1.44. The summed E-state index contributed by atoms with van der Waals surface area (Å²) in [6.07, 6.45) is 0. The summed E-state index contributed by atoms with van der Waals surface area (Å²) in [5.41, 5.74) is 0. The monoisotopic (exact) mass is 194 g/mol. The van der Waals surface area contributed by atoms with Crippen molar-refractivity contribution < 1.29 is 55.8 Å². The Morgan fingerprint density at radius 3 is 1.25 bits per heavy atom. The summed E-state index contributed by atoms with van der Waals surface area (Å²) in [5.74, 6) is 0. The molecule has 0 aromatic rings. The molecule has 0 saturated heterocycles. The van der Waals surface area contributed by atoms with Crippen molar-refractivity contribution in [1.29, 1.82) is 0 Å². The van der Waals surface area contributed by atoms with E-state index in [1.807, 2.05) is 0 Å². The van der Waals surface area contributed by atoms with Crippen molar-refractivity contribution in [2.45, 2.75) is 0 Å². The van der Waals surface area contributed by atoms with Crippen molar-refractivity contribution in [3.05, 3.63) is 0 Å². The molecule has 0 aliphatic carbocycles. The Balaban J connectivity index is -0.00000000500. The van der Waals surface area contributed by atoms with Crippen LogP contribution in [0.1, 0.15) is 0 Å². The molecule has 0 aliphatic heterocycles. The summed E-state index contributed by atoms with van der Waals surface area (Å²) in [5, 5.41) is 0. The zero-order chi connectivity index (χ0) is 2.00. The van der Waals surface area contributed by atoms with Crippen LogP contribution in [0.2, 0.25) is 0 Å². The third-order valence-electron chi connectivity index (χ3n) is 0. The minimum atomic E-state index is 0. The maximum absolute atomic E-state index is 7.88. The average molecular weight is 196 g/mol. The molecule has 0 bridgehead atoms. The Bertz CT molecular complexity index is 8.00. The van der Waals surface area contributed by atoms with Gasteiger partial charge in [-0.3, -0.25) is 0 Å². The second-order valence-corrected chi connectivity index (χ2v) is 0. The fourth-order valence-electron chi connectivity index (χ4n) is 0. The van der Waals surface area contributed by atoms with Crippen molar-refractivity contribution in [2.75, 3.05) is 0 Å². The van der Waals surface area contributed by atoms with Crippen LogP contribution in [0.4, 0.5) is 0 Å². The van der Waals surface area contributed by atoms with Crippen LogP contribution in [-0.2, 0) is 55.8 Å². The van der Waals surface area contributed by atoms with Gasteiger partial charge in [-0.2, -0.15) is 0 Å². The molecule has 0 rings (SSSR count). The first-order chi connectivity index (χ1) is 1.00. The molecule has 0 N–H and O–H groups in total. The summed E-state index contributed by atoms with van der Waals surface area (Å²) in [7, 11) is 0. The van der Waals surface area contributed by atoms with Crippen LogP contribution < -0.4 is 0 Å². The molecule has 0 aliphatic rings. The minimum absolute atomic E-state index is 0. The van der Waals surface area contributed by atoms with Crippen LogP contribution in [0.3, 0.4) is 0 Å². The second kappa shape index (κ2) is 25.4. The van der Waals surface area contributed by atoms with Crippen molar-refractivity contribution in [1.82, 2.24) is 0 Å². The number of hydrogen-bond donors (Lipinski definition) is 0. The van der Waals surface area contributed by atoms with Crippen LogP contribution in [0.5, 0.6) is 0 Å². The summed E-state index contributed by atoms with van der Waals surface area (Å²) >= 11 is 2.62. The molecule has 0 unspecified atom stereocenters. The summed E-state index contributed by atoms with van der Waals surface area (Å²) in [6, 6.07) is 0. The molecular weight excluding hydrogens is 196 g/mol. The molecule has 26 valence electrons.